The molecule has 0 spiro atoms. The van der Waals surface area contributed by atoms with Gasteiger partial charge in [0.1, 0.15) is 0 Å². The van der Waals surface area contributed by atoms with Gasteiger partial charge in [-0.2, -0.15) is 0 Å². The van der Waals surface area contributed by atoms with Crippen LogP contribution in [0.25, 0.3) is 0 Å². The van der Waals surface area contributed by atoms with Gasteiger partial charge in [-0.3, -0.25) is 9.59 Å². The first-order chi connectivity index (χ1) is 14.4. The Morgan fingerprint density at radius 3 is 2.53 bits per heavy atom. The molecule has 0 aromatic heterocycles. The number of anilines is 1. The van der Waals surface area contributed by atoms with Crippen molar-refractivity contribution >= 4 is 23.3 Å². The molecule has 0 fully saturated rings. The summed E-state index contributed by atoms with van der Waals surface area (Å²) in [5.74, 6) is -0.580. The molecule has 7 nitrogen and oxygen atoms in total. The van der Waals surface area contributed by atoms with Crippen molar-refractivity contribution in [2.24, 2.45) is 0 Å². The summed E-state index contributed by atoms with van der Waals surface area (Å²) < 4.78 is 15.8. The summed E-state index contributed by atoms with van der Waals surface area (Å²) in [6.45, 7) is 2.55. The molecule has 0 radical (unpaired) electrons. The van der Waals surface area contributed by atoms with Crippen LogP contribution in [0, 0.1) is 0 Å². The average Bonchev–Trinajstić information content (AvgIpc) is 3.19. The van der Waals surface area contributed by atoms with E-state index in [9.17, 15) is 14.4 Å². The van der Waals surface area contributed by atoms with Crippen LogP contribution in [0.2, 0.25) is 0 Å². The molecule has 0 saturated heterocycles. The molecule has 30 heavy (non-hydrogen) atoms. The SMILES string of the molecule is COc1cc(C(C)=O)ccc1OCC(=O)O[C@@H](C)C(=O)Nc1ccc2c(c1)CCC2. The zero-order valence-corrected chi connectivity index (χ0v) is 17.3. The number of aryl methyl sites for hydroxylation is 2. The van der Waals surface area contributed by atoms with Crippen molar-refractivity contribution in [3.63, 3.8) is 0 Å². The number of carbonyl (C=O) groups excluding carboxylic acids is 3. The third kappa shape index (κ3) is 5.17. The molecule has 1 amide bonds. The minimum Gasteiger partial charge on any atom is -0.493 e. The van der Waals surface area contributed by atoms with Gasteiger partial charge in [0.05, 0.1) is 7.11 Å². The highest BCUT2D eigenvalue weighted by atomic mass is 16.6. The van der Waals surface area contributed by atoms with E-state index in [-0.39, 0.29) is 5.78 Å². The highest BCUT2D eigenvalue weighted by molar-refractivity contribution is 5.95. The lowest BCUT2D eigenvalue weighted by molar-refractivity contribution is -0.155. The molecule has 0 heterocycles. The van der Waals surface area contributed by atoms with E-state index in [1.807, 2.05) is 18.2 Å². The van der Waals surface area contributed by atoms with Crippen LogP contribution in [0.4, 0.5) is 5.69 Å². The van der Waals surface area contributed by atoms with Crippen LogP contribution in [0.1, 0.15) is 41.8 Å². The smallest absolute Gasteiger partial charge is 0.344 e. The summed E-state index contributed by atoms with van der Waals surface area (Å²) in [5.41, 5.74) is 3.72. The predicted molar refractivity (Wildman–Crippen MR) is 111 cm³/mol. The second kappa shape index (κ2) is 9.43. The summed E-state index contributed by atoms with van der Waals surface area (Å²) in [5, 5.41) is 2.78. The van der Waals surface area contributed by atoms with E-state index in [0.29, 0.717) is 22.7 Å². The summed E-state index contributed by atoms with van der Waals surface area (Å²) in [7, 11) is 1.44. The third-order valence-corrected chi connectivity index (χ3v) is 4.96. The normalized spacial score (nSPS) is 13.2. The van der Waals surface area contributed by atoms with Crippen molar-refractivity contribution < 1.29 is 28.6 Å². The van der Waals surface area contributed by atoms with Gasteiger partial charge in [0.15, 0.2) is 30.0 Å². The maximum atomic E-state index is 12.3. The van der Waals surface area contributed by atoms with Crippen molar-refractivity contribution in [3.05, 3.63) is 53.1 Å². The highest BCUT2D eigenvalue weighted by Gasteiger charge is 2.20. The monoisotopic (exact) mass is 411 g/mol. The molecule has 2 aromatic rings. The molecule has 1 aliphatic rings. The molecule has 1 atom stereocenters. The first kappa shape index (κ1) is 21.4. The van der Waals surface area contributed by atoms with Gasteiger partial charge in [-0.25, -0.2) is 4.79 Å². The third-order valence-electron chi connectivity index (χ3n) is 4.96. The maximum absolute atomic E-state index is 12.3. The number of Topliss-reactive ketones (excluding diaryl/α,β-unsaturated/α-hetero) is 1. The number of benzene rings is 2. The number of fused-ring (bicyclic) bond motifs is 1. The Morgan fingerprint density at radius 2 is 1.80 bits per heavy atom. The van der Waals surface area contributed by atoms with Crippen LogP contribution in [-0.2, 0) is 27.2 Å². The quantitative estimate of drug-likeness (QED) is 0.529. The molecule has 2 aromatic carbocycles. The number of hydrogen-bond donors (Lipinski definition) is 1. The molecule has 0 aliphatic heterocycles. The first-order valence-electron chi connectivity index (χ1n) is 9.81. The molecule has 1 N–H and O–H groups in total. The number of nitrogens with one attached hydrogen (secondary N) is 1. The van der Waals surface area contributed by atoms with E-state index >= 15 is 0 Å². The van der Waals surface area contributed by atoms with Crippen LogP contribution in [0.3, 0.4) is 0 Å². The number of esters is 1. The van der Waals surface area contributed by atoms with Gasteiger partial charge in [-0.05, 0) is 74.6 Å². The van der Waals surface area contributed by atoms with Crippen LogP contribution in [0.15, 0.2) is 36.4 Å². The Kier molecular flexibility index (Phi) is 6.72. The predicted octanol–water partition coefficient (Wildman–Crippen LogP) is 3.34. The average molecular weight is 411 g/mol. The number of rotatable bonds is 8. The number of hydrogen-bond acceptors (Lipinski definition) is 6. The van der Waals surface area contributed by atoms with Crippen molar-refractivity contribution in [2.45, 2.75) is 39.2 Å². The number of amides is 1. The van der Waals surface area contributed by atoms with E-state index < -0.39 is 24.6 Å². The summed E-state index contributed by atoms with van der Waals surface area (Å²) in [6.07, 6.45) is 2.23. The summed E-state index contributed by atoms with van der Waals surface area (Å²) in [6, 6.07) is 10.5. The van der Waals surface area contributed by atoms with Crippen molar-refractivity contribution in [2.75, 3.05) is 19.0 Å². The number of methoxy groups -OCH3 is 1. The lowest BCUT2D eigenvalue weighted by atomic mass is 10.1. The number of ether oxygens (including phenoxy) is 3. The Labute approximate surface area is 175 Å². The van der Waals surface area contributed by atoms with Gasteiger partial charge in [0, 0.05) is 11.3 Å². The van der Waals surface area contributed by atoms with Gasteiger partial charge in [-0.15, -0.1) is 0 Å². The molecule has 7 heteroatoms. The largest absolute Gasteiger partial charge is 0.493 e. The zero-order chi connectivity index (χ0) is 21.7. The van der Waals surface area contributed by atoms with Crippen molar-refractivity contribution in [3.8, 4) is 11.5 Å². The first-order valence-corrected chi connectivity index (χ1v) is 9.81. The molecule has 0 bridgehead atoms. The molecule has 1 aliphatic carbocycles. The maximum Gasteiger partial charge on any atom is 0.344 e. The second-order valence-corrected chi connectivity index (χ2v) is 7.17. The van der Waals surface area contributed by atoms with Gasteiger partial charge in [0.25, 0.3) is 5.91 Å². The second-order valence-electron chi connectivity index (χ2n) is 7.17. The zero-order valence-electron chi connectivity index (χ0n) is 17.3. The summed E-state index contributed by atoms with van der Waals surface area (Å²) in [4.78, 5) is 35.9. The van der Waals surface area contributed by atoms with Crippen molar-refractivity contribution in [1.82, 2.24) is 0 Å². The van der Waals surface area contributed by atoms with Gasteiger partial charge in [-0.1, -0.05) is 6.07 Å². The Balaban J connectivity index is 1.52. The molecular formula is C23H25NO6. The van der Waals surface area contributed by atoms with E-state index in [2.05, 4.69) is 5.32 Å². The Hall–Kier alpha value is -3.35. The fraction of sp³-hybridized carbons (Fsp3) is 0.348. The lowest BCUT2D eigenvalue weighted by Crippen LogP contribution is -2.31. The Bertz CT molecular complexity index is 968. The van der Waals surface area contributed by atoms with Crippen molar-refractivity contribution in [1.29, 1.82) is 0 Å². The minimum absolute atomic E-state index is 0.109. The molecular weight excluding hydrogens is 386 g/mol. The molecule has 158 valence electrons. The minimum atomic E-state index is -0.976. The van der Waals surface area contributed by atoms with Crippen LogP contribution >= 0.6 is 0 Å². The number of carbonyl (C=O) groups is 3. The van der Waals surface area contributed by atoms with Crippen LogP contribution < -0.4 is 14.8 Å². The molecule has 0 unspecified atom stereocenters. The standard InChI is InChI=1S/C23H25NO6/c1-14(25)17-8-10-20(21(12-17)28-3)29-13-22(26)30-15(2)23(27)24-19-9-7-16-5-4-6-18(16)11-19/h7-12,15H,4-6,13H2,1-3H3,(H,24,27)/t15-/m0/s1. The fourth-order valence-electron chi connectivity index (χ4n) is 3.32. The summed E-state index contributed by atoms with van der Waals surface area (Å²) >= 11 is 0. The van der Waals surface area contributed by atoms with Gasteiger partial charge < -0.3 is 19.5 Å². The van der Waals surface area contributed by atoms with E-state index in [4.69, 9.17) is 14.2 Å². The lowest BCUT2D eigenvalue weighted by Gasteiger charge is -2.15. The van der Waals surface area contributed by atoms with E-state index in [0.717, 1.165) is 19.3 Å². The highest BCUT2D eigenvalue weighted by Crippen LogP contribution is 2.28. The van der Waals surface area contributed by atoms with E-state index in [1.165, 1.54) is 38.2 Å². The fourth-order valence-corrected chi connectivity index (χ4v) is 3.32. The number of ketones is 1. The Morgan fingerprint density at radius 1 is 1.03 bits per heavy atom. The van der Waals surface area contributed by atoms with Gasteiger partial charge >= 0.3 is 5.97 Å². The van der Waals surface area contributed by atoms with E-state index in [1.54, 1.807) is 12.1 Å². The molecule has 3 rings (SSSR count). The van der Waals surface area contributed by atoms with Crippen LogP contribution in [-0.4, -0.2) is 37.5 Å². The van der Waals surface area contributed by atoms with Crippen LogP contribution in [0.5, 0.6) is 11.5 Å². The molecule has 0 saturated carbocycles. The topological polar surface area (TPSA) is 90.9 Å². The van der Waals surface area contributed by atoms with Gasteiger partial charge in [0.2, 0.25) is 0 Å².